The maximum absolute atomic E-state index is 12.8. The van der Waals surface area contributed by atoms with Crippen LogP contribution in [-0.2, 0) is 10.0 Å². The van der Waals surface area contributed by atoms with Gasteiger partial charge < -0.3 is 5.32 Å². The number of nitrogens with one attached hydrogen (secondary N) is 2. The van der Waals surface area contributed by atoms with Crippen LogP contribution < -0.4 is 5.32 Å². The van der Waals surface area contributed by atoms with Crippen molar-refractivity contribution in [2.75, 3.05) is 18.4 Å². The highest BCUT2D eigenvalue weighted by Crippen LogP contribution is 2.23. The third-order valence-electron chi connectivity index (χ3n) is 4.16. The van der Waals surface area contributed by atoms with Crippen LogP contribution in [0.25, 0.3) is 0 Å². The molecule has 0 spiro atoms. The van der Waals surface area contributed by atoms with Crippen molar-refractivity contribution in [2.45, 2.75) is 31.1 Å². The number of nitrogens with zero attached hydrogens (tertiary/aromatic N) is 2. The molecule has 0 atom stereocenters. The zero-order valence-electron chi connectivity index (χ0n) is 13.4. The molecule has 1 aromatic heterocycles. The number of piperidine rings is 1. The minimum atomic E-state index is -3.56. The maximum Gasteiger partial charge on any atom is 0.256 e. The van der Waals surface area contributed by atoms with Gasteiger partial charge in [-0.15, -0.1) is 0 Å². The van der Waals surface area contributed by atoms with Crippen LogP contribution in [0.2, 0.25) is 0 Å². The topological polar surface area (TPSA) is 95.2 Å². The normalized spacial score (nSPS) is 16.0. The number of benzene rings is 1. The Labute approximate surface area is 141 Å². The van der Waals surface area contributed by atoms with Crippen molar-refractivity contribution in [1.29, 1.82) is 0 Å². The van der Waals surface area contributed by atoms with E-state index in [1.54, 1.807) is 25.3 Å². The summed E-state index contributed by atoms with van der Waals surface area (Å²) in [6.45, 7) is 2.85. The Hall–Kier alpha value is -2.19. The van der Waals surface area contributed by atoms with Gasteiger partial charge in [-0.3, -0.25) is 9.89 Å². The lowest BCUT2D eigenvalue weighted by atomic mass is 10.1. The first-order chi connectivity index (χ1) is 11.5. The third kappa shape index (κ3) is 3.34. The summed E-state index contributed by atoms with van der Waals surface area (Å²) in [6, 6.07) is 4.68. The summed E-state index contributed by atoms with van der Waals surface area (Å²) < 4.78 is 27.0. The molecule has 2 N–H and O–H groups in total. The molecule has 1 aliphatic rings. The van der Waals surface area contributed by atoms with E-state index in [1.807, 2.05) is 0 Å². The van der Waals surface area contributed by atoms with Crippen LogP contribution in [0.5, 0.6) is 0 Å². The van der Waals surface area contributed by atoms with E-state index in [0.29, 0.717) is 29.9 Å². The average Bonchev–Trinajstić information content (AvgIpc) is 3.08. The van der Waals surface area contributed by atoms with E-state index in [9.17, 15) is 13.2 Å². The minimum absolute atomic E-state index is 0.160. The van der Waals surface area contributed by atoms with Gasteiger partial charge in [-0.1, -0.05) is 12.5 Å². The summed E-state index contributed by atoms with van der Waals surface area (Å²) >= 11 is 0. The summed E-state index contributed by atoms with van der Waals surface area (Å²) in [6.07, 6.45) is 5.85. The van der Waals surface area contributed by atoms with Crippen molar-refractivity contribution in [3.8, 4) is 0 Å². The predicted octanol–water partition coefficient (Wildman–Crippen LogP) is 2.15. The number of aryl methyl sites for hydroxylation is 1. The second-order valence-corrected chi connectivity index (χ2v) is 7.82. The van der Waals surface area contributed by atoms with Gasteiger partial charge in [0.15, 0.2) is 0 Å². The van der Waals surface area contributed by atoms with Crippen LogP contribution >= 0.6 is 0 Å². The van der Waals surface area contributed by atoms with Gasteiger partial charge in [0.05, 0.1) is 16.8 Å². The number of carbonyl (C=O) groups excluding carboxylic acids is 1. The van der Waals surface area contributed by atoms with Crippen LogP contribution in [0, 0.1) is 6.92 Å². The van der Waals surface area contributed by atoms with E-state index in [4.69, 9.17) is 0 Å². The molecule has 2 aromatic rings. The molecule has 0 unspecified atom stereocenters. The lowest BCUT2D eigenvalue weighted by Gasteiger charge is -2.26. The van der Waals surface area contributed by atoms with Crippen molar-refractivity contribution in [3.63, 3.8) is 0 Å². The molecule has 8 heteroatoms. The Morgan fingerprint density at radius 3 is 2.67 bits per heavy atom. The molecule has 3 rings (SSSR count). The first-order valence-corrected chi connectivity index (χ1v) is 9.33. The van der Waals surface area contributed by atoms with Gasteiger partial charge >= 0.3 is 0 Å². The highest BCUT2D eigenvalue weighted by atomic mass is 32.2. The Morgan fingerprint density at radius 2 is 2.00 bits per heavy atom. The zero-order chi connectivity index (χ0) is 17.2. The number of amides is 1. The second kappa shape index (κ2) is 6.74. The standard InChI is InChI=1S/C16H20N4O3S/c1-12-5-6-14(24(22,23)20-7-3-2-4-8-20)9-15(12)16(21)19-13-10-17-18-11-13/h5-6,9-11H,2-4,7-8H2,1H3,(H,17,18)(H,19,21). The molecular weight excluding hydrogens is 328 g/mol. The van der Waals surface area contributed by atoms with Gasteiger partial charge in [0.2, 0.25) is 10.0 Å². The molecule has 24 heavy (non-hydrogen) atoms. The monoisotopic (exact) mass is 348 g/mol. The Morgan fingerprint density at radius 1 is 1.25 bits per heavy atom. The van der Waals surface area contributed by atoms with E-state index < -0.39 is 10.0 Å². The van der Waals surface area contributed by atoms with E-state index in [0.717, 1.165) is 19.3 Å². The van der Waals surface area contributed by atoms with E-state index in [2.05, 4.69) is 15.5 Å². The second-order valence-electron chi connectivity index (χ2n) is 5.88. The minimum Gasteiger partial charge on any atom is -0.319 e. The van der Waals surface area contributed by atoms with E-state index >= 15 is 0 Å². The number of hydrogen-bond donors (Lipinski definition) is 2. The fourth-order valence-electron chi connectivity index (χ4n) is 2.78. The third-order valence-corrected chi connectivity index (χ3v) is 6.06. The van der Waals surface area contributed by atoms with Crippen LogP contribution in [-0.4, -0.2) is 41.9 Å². The molecule has 1 fully saturated rings. The molecule has 0 aliphatic carbocycles. The molecule has 2 heterocycles. The molecule has 1 aliphatic heterocycles. The number of carbonyl (C=O) groups is 1. The summed E-state index contributed by atoms with van der Waals surface area (Å²) in [4.78, 5) is 12.6. The smallest absolute Gasteiger partial charge is 0.256 e. The highest BCUT2D eigenvalue weighted by Gasteiger charge is 2.27. The van der Waals surface area contributed by atoms with Crippen molar-refractivity contribution >= 4 is 21.6 Å². The van der Waals surface area contributed by atoms with E-state index in [1.165, 1.54) is 16.6 Å². The average molecular weight is 348 g/mol. The van der Waals surface area contributed by atoms with E-state index in [-0.39, 0.29) is 10.8 Å². The Kier molecular flexibility index (Phi) is 4.68. The highest BCUT2D eigenvalue weighted by molar-refractivity contribution is 7.89. The largest absolute Gasteiger partial charge is 0.319 e. The quantitative estimate of drug-likeness (QED) is 0.885. The zero-order valence-corrected chi connectivity index (χ0v) is 14.3. The number of hydrogen-bond acceptors (Lipinski definition) is 4. The van der Waals surface area contributed by atoms with Crippen LogP contribution in [0.4, 0.5) is 5.69 Å². The molecule has 0 saturated carbocycles. The molecule has 7 nitrogen and oxygen atoms in total. The summed E-state index contributed by atoms with van der Waals surface area (Å²) in [7, 11) is -3.56. The van der Waals surface area contributed by atoms with Gasteiger partial charge in [-0.2, -0.15) is 9.40 Å². The fourth-order valence-corrected chi connectivity index (χ4v) is 4.32. The molecule has 1 amide bonds. The first-order valence-electron chi connectivity index (χ1n) is 7.89. The van der Waals surface area contributed by atoms with Gasteiger partial charge in [0, 0.05) is 24.8 Å². The number of sulfonamides is 1. The first kappa shape index (κ1) is 16.7. The number of rotatable bonds is 4. The summed E-state index contributed by atoms with van der Waals surface area (Å²) in [5.41, 5.74) is 1.59. The van der Waals surface area contributed by atoms with Crippen molar-refractivity contribution < 1.29 is 13.2 Å². The van der Waals surface area contributed by atoms with Gasteiger partial charge in [-0.25, -0.2) is 8.42 Å². The van der Waals surface area contributed by atoms with Crippen LogP contribution in [0.1, 0.15) is 35.2 Å². The predicted molar refractivity (Wildman–Crippen MR) is 90.3 cm³/mol. The number of anilines is 1. The lowest BCUT2D eigenvalue weighted by molar-refractivity contribution is 0.102. The molecular formula is C16H20N4O3S. The SMILES string of the molecule is Cc1ccc(S(=O)(=O)N2CCCCC2)cc1C(=O)Nc1cn[nH]c1. The Bertz CT molecular complexity index is 825. The fraction of sp³-hybridized carbons (Fsp3) is 0.375. The van der Waals surface area contributed by atoms with Gasteiger partial charge in [-0.05, 0) is 37.5 Å². The summed E-state index contributed by atoms with van der Waals surface area (Å²) in [5.74, 6) is -0.357. The van der Waals surface area contributed by atoms with Crippen LogP contribution in [0.15, 0.2) is 35.5 Å². The van der Waals surface area contributed by atoms with Gasteiger partial charge in [0.1, 0.15) is 0 Å². The van der Waals surface area contributed by atoms with Crippen LogP contribution in [0.3, 0.4) is 0 Å². The molecule has 1 saturated heterocycles. The summed E-state index contributed by atoms with van der Waals surface area (Å²) in [5, 5.41) is 9.08. The number of H-pyrrole nitrogens is 1. The number of aromatic amines is 1. The van der Waals surface area contributed by atoms with Gasteiger partial charge in [0.25, 0.3) is 5.91 Å². The number of aromatic nitrogens is 2. The molecule has 0 bridgehead atoms. The molecule has 0 radical (unpaired) electrons. The van der Waals surface area contributed by atoms with Crippen molar-refractivity contribution in [2.24, 2.45) is 0 Å². The lowest BCUT2D eigenvalue weighted by Crippen LogP contribution is -2.35. The Balaban J connectivity index is 1.89. The maximum atomic E-state index is 12.8. The molecule has 128 valence electrons. The van der Waals surface area contributed by atoms with Crippen molar-refractivity contribution in [3.05, 3.63) is 41.7 Å². The van der Waals surface area contributed by atoms with Crippen molar-refractivity contribution in [1.82, 2.24) is 14.5 Å². The molecule has 1 aromatic carbocycles.